The van der Waals surface area contributed by atoms with Gasteiger partial charge in [-0.05, 0) is 19.4 Å². The Morgan fingerprint density at radius 1 is 1.33 bits per heavy atom. The Morgan fingerprint density at radius 3 is 2.17 bits per heavy atom. The van der Waals surface area contributed by atoms with Gasteiger partial charge in [-0.25, -0.2) is 0 Å². The van der Waals surface area contributed by atoms with Crippen LogP contribution in [0.2, 0.25) is 0 Å². The summed E-state index contributed by atoms with van der Waals surface area (Å²) in [7, 11) is 0. The van der Waals surface area contributed by atoms with Gasteiger partial charge in [0.2, 0.25) is 0 Å². The highest BCUT2D eigenvalue weighted by Crippen LogP contribution is 2.12. The molecule has 0 amide bonds. The molecule has 74 valence electrons. The van der Waals surface area contributed by atoms with Gasteiger partial charge in [0.1, 0.15) is 0 Å². The normalized spacial score (nSPS) is 17.5. The van der Waals surface area contributed by atoms with Crippen LogP contribution < -0.4 is 11.1 Å². The van der Waals surface area contributed by atoms with E-state index in [-0.39, 0.29) is 12.0 Å². The monoisotopic (exact) mass is 184 g/mol. The Hall–Kier alpha value is -0.290. The van der Waals surface area contributed by atoms with E-state index >= 15 is 0 Å². The van der Waals surface area contributed by atoms with Crippen LogP contribution in [0.15, 0.2) is 0 Å². The van der Waals surface area contributed by atoms with Crippen LogP contribution in [0.25, 0.3) is 0 Å². The molecule has 2 nitrogen and oxygen atoms in total. The molecule has 0 aliphatic carbocycles. The van der Waals surface area contributed by atoms with Crippen LogP contribution in [0, 0.1) is 5.92 Å². The molecule has 0 fully saturated rings. The van der Waals surface area contributed by atoms with E-state index in [1.165, 1.54) is 0 Å². The lowest BCUT2D eigenvalue weighted by molar-refractivity contribution is -0.125. The second kappa shape index (κ2) is 4.67. The van der Waals surface area contributed by atoms with Crippen LogP contribution in [-0.4, -0.2) is 25.3 Å². The molecule has 3 N–H and O–H groups in total. The maximum Gasteiger partial charge on any atom is 0.401 e. The highest BCUT2D eigenvalue weighted by atomic mass is 19.4. The summed E-state index contributed by atoms with van der Waals surface area (Å²) in [6.45, 7) is 2.95. The van der Waals surface area contributed by atoms with E-state index in [9.17, 15) is 13.2 Å². The van der Waals surface area contributed by atoms with Crippen molar-refractivity contribution in [2.45, 2.75) is 26.1 Å². The van der Waals surface area contributed by atoms with Crippen molar-refractivity contribution in [1.29, 1.82) is 0 Å². The summed E-state index contributed by atoms with van der Waals surface area (Å²) in [5.41, 5.74) is 5.46. The van der Waals surface area contributed by atoms with E-state index in [0.717, 1.165) is 0 Å². The van der Waals surface area contributed by atoms with E-state index in [1.54, 1.807) is 6.92 Å². The topological polar surface area (TPSA) is 38.0 Å². The number of hydrogen-bond donors (Lipinski definition) is 2. The SMILES string of the molecule is CC(N)C(C)CNCC(F)(F)F. The lowest BCUT2D eigenvalue weighted by atomic mass is 10.1. The van der Waals surface area contributed by atoms with Gasteiger partial charge in [-0.3, -0.25) is 0 Å². The minimum Gasteiger partial charge on any atom is -0.328 e. The maximum absolute atomic E-state index is 11.6. The molecule has 0 aromatic heterocycles. The van der Waals surface area contributed by atoms with Gasteiger partial charge in [-0.15, -0.1) is 0 Å². The lowest BCUT2D eigenvalue weighted by Crippen LogP contribution is -2.37. The van der Waals surface area contributed by atoms with Crippen molar-refractivity contribution in [3.63, 3.8) is 0 Å². The van der Waals surface area contributed by atoms with Crippen molar-refractivity contribution in [2.75, 3.05) is 13.1 Å². The molecule has 0 rings (SSSR count). The standard InChI is InChI=1S/C7H15F3N2/c1-5(6(2)11)3-12-4-7(8,9)10/h5-6,12H,3-4,11H2,1-2H3. The van der Waals surface area contributed by atoms with Gasteiger partial charge < -0.3 is 11.1 Å². The largest absolute Gasteiger partial charge is 0.401 e. The molecule has 0 saturated heterocycles. The highest BCUT2D eigenvalue weighted by molar-refractivity contribution is 4.67. The zero-order valence-electron chi connectivity index (χ0n) is 7.28. The average molecular weight is 184 g/mol. The van der Waals surface area contributed by atoms with Crippen LogP contribution in [-0.2, 0) is 0 Å². The molecule has 0 aliphatic rings. The number of nitrogens with two attached hydrogens (primary N) is 1. The molecular formula is C7H15F3N2. The first-order chi connectivity index (χ1) is 5.33. The fraction of sp³-hybridized carbons (Fsp3) is 1.00. The summed E-state index contributed by atoms with van der Waals surface area (Å²) in [5, 5.41) is 2.30. The molecular weight excluding hydrogens is 169 g/mol. The molecule has 5 heteroatoms. The summed E-state index contributed by atoms with van der Waals surface area (Å²) in [5.74, 6) is 0.0624. The van der Waals surface area contributed by atoms with Crippen molar-refractivity contribution in [3.05, 3.63) is 0 Å². The minimum absolute atomic E-state index is 0.0624. The zero-order valence-corrected chi connectivity index (χ0v) is 7.28. The smallest absolute Gasteiger partial charge is 0.328 e. The van der Waals surface area contributed by atoms with Crippen LogP contribution >= 0.6 is 0 Å². The molecule has 0 heterocycles. The molecule has 0 saturated carbocycles. The summed E-state index contributed by atoms with van der Waals surface area (Å²) in [6.07, 6.45) is -4.13. The number of nitrogens with one attached hydrogen (secondary N) is 1. The fourth-order valence-electron chi connectivity index (χ4n) is 0.627. The van der Waals surface area contributed by atoms with Crippen molar-refractivity contribution in [1.82, 2.24) is 5.32 Å². The summed E-state index contributed by atoms with van der Waals surface area (Å²) < 4.78 is 34.8. The van der Waals surface area contributed by atoms with Crippen molar-refractivity contribution in [2.24, 2.45) is 11.7 Å². The summed E-state index contributed by atoms with van der Waals surface area (Å²) in [4.78, 5) is 0. The number of hydrogen-bond acceptors (Lipinski definition) is 2. The predicted octanol–water partition coefficient (Wildman–Crippen LogP) is 1.12. The first kappa shape index (κ1) is 11.7. The number of alkyl halides is 3. The molecule has 2 atom stereocenters. The Morgan fingerprint density at radius 2 is 1.83 bits per heavy atom. The molecule has 0 spiro atoms. The van der Waals surface area contributed by atoms with E-state index in [1.807, 2.05) is 6.92 Å². The lowest BCUT2D eigenvalue weighted by Gasteiger charge is -2.16. The Balaban J connectivity index is 3.44. The summed E-state index contributed by atoms with van der Waals surface area (Å²) in [6, 6.07) is -0.0780. The van der Waals surface area contributed by atoms with Gasteiger partial charge in [-0.1, -0.05) is 6.92 Å². The third-order valence-corrected chi connectivity index (χ3v) is 1.69. The van der Waals surface area contributed by atoms with Crippen LogP contribution in [0.5, 0.6) is 0 Å². The van der Waals surface area contributed by atoms with Crippen molar-refractivity contribution >= 4 is 0 Å². The van der Waals surface area contributed by atoms with E-state index in [4.69, 9.17) is 5.73 Å². The minimum atomic E-state index is -4.13. The molecule has 12 heavy (non-hydrogen) atoms. The summed E-state index contributed by atoms with van der Waals surface area (Å²) >= 11 is 0. The molecule has 0 aromatic rings. The van der Waals surface area contributed by atoms with E-state index in [2.05, 4.69) is 5.32 Å². The zero-order chi connectivity index (χ0) is 9.78. The van der Waals surface area contributed by atoms with Crippen LogP contribution in [0.1, 0.15) is 13.8 Å². The third kappa shape index (κ3) is 6.42. The number of halogens is 3. The van der Waals surface area contributed by atoms with Crippen molar-refractivity contribution < 1.29 is 13.2 Å². The van der Waals surface area contributed by atoms with Crippen LogP contribution in [0.4, 0.5) is 13.2 Å². The predicted molar refractivity (Wildman–Crippen MR) is 41.7 cm³/mol. The Labute approximate surface area is 70.3 Å². The quantitative estimate of drug-likeness (QED) is 0.687. The van der Waals surface area contributed by atoms with Gasteiger partial charge in [0.15, 0.2) is 0 Å². The second-order valence-electron chi connectivity index (χ2n) is 3.08. The third-order valence-electron chi connectivity index (χ3n) is 1.69. The van der Waals surface area contributed by atoms with Gasteiger partial charge in [0, 0.05) is 6.04 Å². The van der Waals surface area contributed by atoms with Gasteiger partial charge in [-0.2, -0.15) is 13.2 Å². The molecule has 0 bridgehead atoms. The van der Waals surface area contributed by atoms with Crippen molar-refractivity contribution in [3.8, 4) is 0 Å². The molecule has 0 aromatic carbocycles. The van der Waals surface area contributed by atoms with Gasteiger partial charge >= 0.3 is 6.18 Å². The Bertz CT molecular complexity index is 122. The average Bonchev–Trinajstić information content (AvgIpc) is 1.84. The second-order valence-corrected chi connectivity index (χ2v) is 3.08. The highest BCUT2D eigenvalue weighted by Gasteiger charge is 2.26. The first-order valence-corrected chi connectivity index (χ1v) is 3.86. The van der Waals surface area contributed by atoms with Gasteiger partial charge in [0.05, 0.1) is 6.54 Å². The number of rotatable bonds is 4. The van der Waals surface area contributed by atoms with E-state index in [0.29, 0.717) is 6.54 Å². The maximum atomic E-state index is 11.6. The van der Waals surface area contributed by atoms with Gasteiger partial charge in [0.25, 0.3) is 0 Å². The fourth-order valence-corrected chi connectivity index (χ4v) is 0.627. The van der Waals surface area contributed by atoms with E-state index < -0.39 is 12.7 Å². The van der Waals surface area contributed by atoms with Crippen LogP contribution in [0.3, 0.4) is 0 Å². The molecule has 0 aliphatic heterocycles. The Kier molecular flexibility index (Phi) is 4.55. The molecule has 0 radical (unpaired) electrons. The first-order valence-electron chi connectivity index (χ1n) is 3.86. The molecule has 2 unspecified atom stereocenters.